The van der Waals surface area contributed by atoms with Crippen molar-refractivity contribution in [1.82, 2.24) is 45.7 Å². The highest BCUT2D eigenvalue weighted by molar-refractivity contribution is 7.99. The SMILES string of the molecule is Cc1nnnn1-c1ccc(NC(=O)NCCSc2nnnn2C)cc1. The number of rotatable bonds is 6. The molecule has 0 aliphatic rings. The fourth-order valence-electron chi connectivity index (χ4n) is 1.98. The van der Waals surface area contributed by atoms with Gasteiger partial charge in [-0.05, 0) is 52.0 Å². The molecule has 0 saturated heterocycles. The maximum Gasteiger partial charge on any atom is 0.319 e. The van der Waals surface area contributed by atoms with Crippen molar-refractivity contribution in [3.63, 3.8) is 0 Å². The Morgan fingerprint density at radius 1 is 1.16 bits per heavy atom. The predicted octanol–water partition coefficient (Wildman–Crippen LogP) is 0.408. The molecule has 0 saturated carbocycles. The number of aryl methyl sites for hydroxylation is 2. The summed E-state index contributed by atoms with van der Waals surface area (Å²) in [6.07, 6.45) is 0. The molecule has 0 spiro atoms. The molecule has 0 atom stereocenters. The number of nitrogens with one attached hydrogen (secondary N) is 2. The van der Waals surface area contributed by atoms with Crippen molar-refractivity contribution < 1.29 is 4.79 Å². The van der Waals surface area contributed by atoms with E-state index in [0.29, 0.717) is 29.0 Å². The van der Waals surface area contributed by atoms with E-state index in [-0.39, 0.29) is 6.03 Å². The fraction of sp³-hybridized carbons (Fsp3) is 0.308. The second kappa shape index (κ2) is 7.70. The van der Waals surface area contributed by atoms with Gasteiger partial charge in [0.15, 0.2) is 5.82 Å². The topological polar surface area (TPSA) is 128 Å². The summed E-state index contributed by atoms with van der Waals surface area (Å²) in [6, 6.07) is 6.96. The molecule has 0 radical (unpaired) electrons. The Bertz CT molecular complexity index is 843. The van der Waals surface area contributed by atoms with Gasteiger partial charge in [0, 0.05) is 25.0 Å². The van der Waals surface area contributed by atoms with Gasteiger partial charge in [0.2, 0.25) is 5.16 Å². The number of tetrazole rings is 2. The molecule has 2 aromatic heterocycles. The highest BCUT2D eigenvalue weighted by Gasteiger charge is 2.06. The summed E-state index contributed by atoms with van der Waals surface area (Å²) >= 11 is 1.47. The number of anilines is 1. The zero-order valence-corrected chi connectivity index (χ0v) is 14.4. The van der Waals surface area contributed by atoms with Crippen molar-refractivity contribution in [1.29, 1.82) is 0 Å². The van der Waals surface area contributed by atoms with Gasteiger partial charge in [-0.1, -0.05) is 11.8 Å². The molecule has 0 bridgehead atoms. The van der Waals surface area contributed by atoms with E-state index in [4.69, 9.17) is 0 Å². The van der Waals surface area contributed by atoms with Gasteiger partial charge in [-0.2, -0.15) is 4.68 Å². The van der Waals surface area contributed by atoms with Gasteiger partial charge < -0.3 is 10.6 Å². The lowest BCUT2D eigenvalue weighted by molar-refractivity contribution is 0.252. The standard InChI is InChI=1S/C13H16N10OS/c1-9-16-18-21-23(9)11-5-3-10(4-6-11)15-12(24)14-7-8-25-13-17-19-20-22(13)2/h3-6H,7-8H2,1-2H3,(H2,14,15,24). The molecule has 3 aromatic rings. The molecule has 0 aliphatic carbocycles. The van der Waals surface area contributed by atoms with Crippen molar-refractivity contribution in [3.8, 4) is 5.69 Å². The predicted molar refractivity (Wildman–Crippen MR) is 90.4 cm³/mol. The van der Waals surface area contributed by atoms with Gasteiger partial charge in [0.1, 0.15) is 0 Å². The van der Waals surface area contributed by atoms with Crippen molar-refractivity contribution in [2.75, 3.05) is 17.6 Å². The van der Waals surface area contributed by atoms with E-state index in [1.807, 2.05) is 19.1 Å². The lowest BCUT2D eigenvalue weighted by atomic mass is 10.3. The number of carbonyl (C=O) groups is 1. The molecule has 11 nitrogen and oxygen atoms in total. The first-order valence-electron chi connectivity index (χ1n) is 7.39. The summed E-state index contributed by atoms with van der Waals surface area (Å²) in [6.45, 7) is 2.31. The Labute approximate surface area is 147 Å². The first kappa shape index (κ1) is 16.8. The number of hydrogen-bond acceptors (Lipinski definition) is 8. The molecule has 2 N–H and O–H groups in total. The van der Waals surface area contributed by atoms with Crippen LogP contribution in [-0.2, 0) is 7.05 Å². The average molecular weight is 360 g/mol. The van der Waals surface area contributed by atoms with Crippen LogP contribution in [0.25, 0.3) is 5.69 Å². The van der Waals surface area contributed by atoms with Crippen molar-refractivity contribution >= 4 is 23.5 Å². The van der Waals surface area contributed by atoms with E-state index in [1.165, 1.54) is 11.8 Å². The van der Waals surface area contributed by atoms with E-state index in [2.05, 4.69) is 41.7 Å². The summed E-state index contributed by atoms with van der Waals surface area (Å²) in [5.41, 5.74) is 1.50. The number of hydrogen-bond donors (Lipinski definition) is 2. The second-order valence-electron chi connectivity index (χ2n) is 5.00. The number of carbonyl (C=O) groups excluding carboxylic acids is 1. The van der Waals surface area contributed by atoms with Gasteiger partial charge in [-0.25, -0.2) is 9.48 Å². The molecule has 2 amide bonds. The van der Waals surface area contributed by atoms with Crippen molar-refractivity contribution in [3.05, 3.63) is 30.1 Å². The van der Waals surface area contributed by atoms with Gasteiger partial charge in [0.25, 0.3) is 0 Å². The van der Waals surface area contributed by atoms with Crippen LogP contribution in [0.1, 0.15) is 5.82 Å². The van der Waals surface area contributed by atoms with E-state index < -0.39 is 0 Å². The number of aromatic nitrogens is 8. The maximum absolute atomic E-state index is 11.9. The summed E-state index contributed by atoms with van der Waals surface area (Å²) in [5, 5.41) is 28.7. The molecule has 2 heterocycles. The molecular formula is C13H16N10OS. The Morgan fingerprint density at radius 2 is 1.92 bits per heavy atom. The third-order valence-electron chi connectivity index (χ3n) is 3.20. The molecule has 0 fully saturated rings. The van der Waals surface area contributed by atoms with Crippen molar-refractivity contribution in [2.24, 2.45) is 7.05 Å². The van der Waals surface area contributed by atoms with Crippen LogP contribution >= 0.6 is 11.8 Å². The Morgan fingerprint density at radius 3 is 2.56 bits per heavy atom. The minimum Gasteiger partial charge on any atom is -0.337 e. The number of benzene rings is 1. The van der Waals surface area contributed by atoms with Crippen molar-refractivity contribution in [2.45, 2.75) is 12.1 Å². The third kappa shape index (κ3) is 4.29. The van der Waals surface area contributed by atoms with E-state index in [9.17, 15) is 4.79 Å². The quantitative estimate of drug-likeness (QED) is 0.478. The van der Waals surface area contributed by atoms with E-state index >= 15 is 0 Å². The number of amides is 2. The zero-order chi connectivity index (χ0) is 17.6. The molecule has 130 valence electrons. The fourth-order valence-corrected chi connectivity index (χ4v) is 2.69. The summed E-state index contributed by atoms with van der Waals surface area (Å²) < 4.78 is 3.20. The van der Waals surface area contributed by atoms with Gasteiger partial charge >= 0.3 is 6.03 Å². The van der Waals surface area contributed by atoms with E-state index in [0.717, 1.165) is 5.69 Å². The Kier molecular flexibility index (Phi) is 5.18. The van der Waals surface area contributed by atoms with Crippen LogP contribution in [0.15, 0.2) is 29.4 Å². The maximum atomic E-state index is 11.9. The minimum absolute atomic E-state index is 0.275. The normalized spacial score (nSPS) is 10.6. The van der Waals surface area contributed by atoms with Crippen LogP contribution in [0, 0.1) is 6.92 Å². The lowest BCUT2D eigenvalue weighted by Gasteiger charge is -2.08. The number of urea groups is 1. The number of nitrogens with zero attached hydrogens (tertiary/aromatic N) is 8. The highest BCUT2D eigenvalue weighted by atomic mass is 32.2. The molecule has 3 rings (SSSR count). The first-order chi connectivity index (χ1) is 12.1. The third-order valence-corrected chi connectivity index (χ3v) is 4.21. The van der Waals surface area contributed by atoms with E-state index in [1.54, 1.807) is 28.5 Å². The van der Waals surface area contributed by atoms with Gasteiger partial charge in [0.05, 0.1) is 5.69 Å². The van der Waals surface area contributed by atoms with Crippen LogP contribution in [-0.4, -0.2) is 58.7 Å². The highest BCUT2D eigenvalue weighted by Crippen LogP contribution is 2.13. The largest absolute Gasteiger partial charge is 0.337 e. The molecule has 25 heavy (non-hydrogen) atoms. The molecule has 0 unspecified atom stereocenters. The zero-order valence-electron chi connectivity index (χ0n) is 13.6. The molecule has 12 heteroatoms. The molecular weight excluding hydrogens is 344 g/mol. The second-order valence-corrected chi connectivity index (χ2v) is 6.06. The van der Waals surface area contributed by atoms with Gasteiger partial charge in [-0.3, -0.25) is 0 Å². The lowest BCUT2D eigenvalue weighted by Crippen LogP contribution is -2.30. The monoisotopic (exact) mass is 360 g/mol. The first-order valence-corrected chi connectivity index (χ1v) is 8.37. The molecule has 1 aromatic carbocycles. The number of thioether (sulfide) groups is 1. The van der Waals surface area contributed by atoms with Gasteiger partial charge in [-0.15, -0.1) is 10.2 Å². The summed E-state index contributed by atoms with van der Waals surface area (Å²) in [5.74, 6) is 1.35. The summed E-state index contributed by atoms with van der Waals surface area (Å²) in [4.78, 5) is 11.9. The average Bonchev–Trinajstić information content (AvgIpc) is 3.21. The smallest absolute Gasteiger partial charge is 0.319 e. The van der Waals surface area contributed by atoms with Crippen LogP contribution in [0.5, 0.6) is 0 Å². The van der Waals surface area contributed by atoms with Crippen LogP contribution in [0.4, 0.5) is 10.5 Å². The van der Waals surface area contributed by atoms with Crippen LogP contribution in [0.3, 0.4) is 0 Å². The Balaban J connectivity index is 1.45. The summed E-state index contributed by atoms with van der Waals surface area (Å²) in [7, 11) is 1.77. The Hall–Kier alpha value is -3.02. The van der Waals surface area contributed by atoms with Crippen LogP contribution in [0.2, 0.25) is 0 Å². The van der Waals surface area contributed by atoms with Crippen LogP contribution < -0.4 is 10.6 Å². The minimum atomic E-state index is -0.275. The molecule has 0 aliphatic heterocycles.